The number of rotatable bonds is 5. The average molecular weight is 203 g/mol. The smallest absolute Gasteiger partial charge is 0.292 e. The fourth-order valence-corrected chi connectivity index (χ4v) is 1.01. The van der Waals surface area contributed by atoms with Crippen LogP contribution >= 0.6 is 0 Å². The van der Waals surface area contributed by atoms with Crippen LogP contribution in [0.2, 0.25) is 0 Å². The van der Waals surface area contributed by atoms with E-state index < -0.39 is 18.3 Å². The largest absolute Gasteiger partial charge is 0.344 e. The molecule has 14 heavy (non-hydrogen) atoms. The molecule has 1 N–H and O–H groups in total. The molecule has 1 fully saturated rings. The molecule has 6 heteroatoms. The molecule has 0 radical (unpaired) electrons. The van der Waals surface area contributed by atoms with Crippen LogP contribution in [-0.2, 0) is 19.2 Å². The molecule has 0 aromatic rings. The minimum absolute atomic E-state index is 0.124. The highest BCUT2D eigenvalue weighted by molar-refractivity contribution is 6.00. The number of aliphatic hydroxyl groups is 1. The number of carbonyl (C=O) groups excluding carboxylic acids is 2. The summed E-state index contributed by atoms with van der Waals surface area (Å²) in [6.07, 6.45) is 0.959. The normalized spacial score (nSPS) is 19.1. The molecule has 0 spiro atoms. The summed E-state index contributed by atoms with van der Waals surface area (Å²) in [6.45, 7) is 0.608. The van der Waals surface area contributed by atoms with Gasteiger partial charge in [0.1, 0.15) is 0 Å². The molecule has 0 saturated carbocycles. The predicted molar refractivity (Wildman–Crippen MR) is 44.4 cm³/mol. The lowest BCUT2D eigenvalue weighted by Gasteiger charge is -2.17. The first-order chi connectivity index (χ1) is 6.65. The molecule has 1 heterocycles. The summed E-state index contributed by atoms with van der Waals surface area (Å²) < 4.78 is 4.74. The van der Waals surface area contributed by atoms with Crippen LogP contribution in [0.25, 0.3) is 0 Å². The Labute approximate surface area is 81.3 Å². The Hall–Kier alpha value is -0.980. The third kappa shape index (κ3) is 2.76. The van der Waals surface area contributed by atoms with Crippen molar-refractivity contribution in [3.63, 3.8) is 0 Å². The second-order valence-electron chi connectivity index (χ2n) is 2.87. The maximum absolute atomic E-state index is 11.0. The van der Waals surface area contributed by atoms with Gasteiger partial charge in [-0.3, -0.25) is 9.59 Å². The van der Waals surface area contributed by atoms with Crippen molar-refractivity contribution in [3.8, 4) is 0 Å². The lowest BCUT2D eigenvalue weighted by Crippen LogP contribution is -2.35. The van der Waals surface area contributed by atoms with Gasteiger partial charge < -0.3 is 9.84 Å². The number of amides is 2. The molecule has 1 saturated heterocycles. The Balaban J connectivity index is 2.35. The maximum Gasteiger partial charge on any atom is 0.292 e. The standard InChI is InChI=1S/C8H13NO5/c1-2-5-13-8(12)14-9-6(10)3-4-7(9)11/h8,12H,2-5H2,1H3. The molecule has 1 unspecified atom stereocenters. The number of imide groups is 1. The fraction of sp³-hybridized carbons (Fsp3) is 0.750. The van der Waals surface area contributed by atoms with Crippen LogP contribution in [0.4, 0.5) is 0 Å². The summed E-state index contributed by atoms with van der Waals surface area (Å²) in [7, 11) is 0. The molecule has 0 bridgehead atoms. The summed E-state index contributed by atoms with van der Waals surface area (Å²) in [4.78, 5) is 26.6. The molecule has 1 atom stereocenters. The molecule has 0 aromatic carbocycles. The van der Waals surface area contributed by atoms with Crippen LogP contribution in [0.5, 0.6) is 0 Å². The number of aliphatic hydroxyl groups excluding tert-OH is 1. The molecule has 2 amide bonds. The van der Waals surface area contributed by atoms with Gasteiger partial charge in [-0.05, 0) is 6.42 Å². The third-order valence-electron chi connectivity index (χ3n) is 1.67. The third-order valence-corrected chi connectivity index (χ3v) is 1.67. The zero-order chi connectivity index (χ0) is 10.6. The van der Waals surface area contributed by atoms with Crippen molar-refractivity contribution in [1.82, 2.24) is 5.06 Å². The zero-order valence-corrected chi connectivity index (χ0v) is 7.93. The average Bonchev–Trinajstić information content (AvgIpc) is 2.46. The number of ether oxygens (including phenoxy) is 1. The summed E-state index contributed by atoms with van der Waals surface area (Å²) in [5.41, 5.74) is 0. The van der Waals surface area contributed by atoms with Gasteiger partial charge >= 0.3 is 0 Å². The van der Waals surface area contributed by atoms with Gasteiger partial charge in [0.15, 0.2) is 0 Å². The van der Waals surface area contributed by atoms with Crippen LogP contribution in [0.15, 0.2) is 0 Å². The van der Waals surface area contributed by atoms with Crippen LogP contribution in [0.1, 0.15) is 26.2 Å². The van der Waals surface area contributed by atoms with Crippen LogP contribution < -0.4 is 0 Å². The van der Waals surface area contributed by atoms with Crippen molar-refractivity contribution in [3.05, 3.63) is 0 Å². The van der Waals surface area contributed by atoms with Crippen LogP contribution in [0.3, 0.4) is 0 Å². The van der Waals surface area contributed by atoms with Gasteiger partial charge in [-0.2, -0.15) is 0 Å². The number of hydrogen-bond acceptors (Lipinski definition) is 5. The first-order valence-electron chi connectivity index (χ1n) is 4.47. The Morgan fingerprint density at radius 3 is 2.50 bits per heavy atom. The van der Waals surface area contributed by atoms with Crippen molar-refractivity contribution < 1.29 is 24.3 Å². The van der Waals surface area contributed by atoms with E-state index in [2.05, 4.69) is 4.84 Å². The molecule has 1 rings (SSSR count). The number of carbonyl (C=O) groups is 2. The van der Waals surface area contributed by atoms with E-state index in [1.165, 1.54) is 0 Å². The minimum atomic E-state index is -1.55. The van der Waals surface area contributed by atoms with E-state index in [0.29, 0.717) is 18.1 Å². The van der Waals surface area contributed by atoms with Crippen molar-refractivity contribution in [2.75, 3.05) is 6.61 Å². The van der Waals surface area contributed by atoms with E-state index in [0.717, 1.165) is 0 Å². The minimum Gasteiger partial charge on any atom is -0.344 e. The molecule has 1 aliphatic heterocycles. The highest BCUT2D eigenvalue weighted by Gasteiger charge is 2.32. The highest BCUT2D eigenvalue weighted by atomic mass is 16.9. The van der Waals surface area contributed by atoms with E-state index in [-0.39, 0.29) is 12.8 Å². The molecule has 1 aliphatic rings. The van der Waals surface area contributed by atoms with Gasteiger partial charge in [-0.1, -0.05) is 6.92 Å². The van der Waals surface area contributed by atoms with Gasteiger partial charge in [0.05, 0.1) is 6.61 Å². The summed E-state index contributed by atoms with van der Waals surface area (Å²) >= 11 is 0. The fourth-order valence-electron chi connectivity index (χ4n) is 1.01. The maximum atomic E-state index is 11.0. The van der Waals surface area contributed by atoms with Crippen LogP contribution in [-0.4, -0.2) is 35.1 Å². The first-order valence-corrected chi connectivity index (χ1v) is 4.47. The summed E-state index contributed by atoms with van der Waals surface area (Å²) in [5, 5.41) is 9.64. The Morgan fingerprint density at radius 2 is 2.00 bits per heavy atom. The summed E-state index contributed by atoms with van der Waals surface area (Å²) in [5.74, 6) is -0.900. The Bertz CT molecular complexity index is 214. The molecular formula is C8H13NO5. The van der Waals surface area contributed by atoms with Gasteiger partial charge in [0.25, 0.3) is 18.3 Å². The monoisotopic (exact) mass is 203 g/mol. The molecule has 0 aliphatic carbocycles. The molecule has 0 aromatic heterocycles. The summed E-state index contributed by atoms with van der Waals surface area (Å²) in [6, 6.07) is 0. The van der Waals surface area contributed by atoms with Gasteiger partial charge in [-0.15, -0.1) is 5.06 Å². The molecule has 6 nitrogen and oxygen atoms in total. The van der Waals surface area contributed by atoms with E-state index >= 15 is 0 Å². The topological polar surface area (TPSA) is 76.1 Å². The second kappa shape index (κ2) is 5.04. The highest BCUT2D eigenvalue weighted by Crippen LogP contribution is 2.13. The van der Waals surface area contributed by atoms with Crippen molar-refractivity contribution >= 4 is 11.8 Å². The second-order valence-corrected chi connectivity index (χ2v) is 2.87. The van der Waals surface area contributed by atoms with E-state index in [1.54, 1.807) is 0 Å². The predicted octanol–water partition coefficient (Wildman–Crippen LogP) is -0.231. The zero-order valence-electron chi connectivity index (χ0n) is 7.93. The molecule has 80 valence electrons. The lowest BCUT2D eigenvalue weighted by atomic mass is 10.4. The van der Waals surface area contributed by atoms with Gasteiger partial charge in [0.2, 0.25) is 0 Å². The molecular weight excluding hydrogens is 190 g/mol. The van der Waals surface area contributed by atoms with Gasteiger partial charge in [-0.25, -0.2) is 4.84 Å². The van der Waals surface area contributed by atoms with Crippen molar-refractivity contribution in [2.24, 2.45) is 0 Å². The van der Waals surface area contributed by atoms with E-state index in [1.807, 2.05) is 6.92 Å². The SMILES string of the molecule is CCCOC(O)ON1C(=O)CCC1=O. The Kier molecular flexibility index (Phi) is 3.99. The Morgan fingerprint density at radius 1 is 1.43 bits per heavy atom. The number of hydrogen-bond donors (Lipinski definition) is 1. The number of hydroxylamine groups is 2. The van der Waals surface area contributed by atoms with Crippen molar-refractivity contribution in [2.45, 2.75) is 32.7 Å². The van der Waals surface area contributed by atoms with Crippen molar-refractivity contribution in [1.29, 1.82) is 0 Å². The lowest BCUT2D eigenvalue weighted by molar-refractivity contribution is -0.334. The quantitative estimate of drug-likeness (QED) is 0.493. The number of nitrogens with zero attached hydrogens (tertiary/aromatic N) is 1. The van der Waals surface area contributed by atoms with Crippen LogP contribution in [0, 0.1) is 0 Å². The van der Waals surface area contributed by atoms with Gasteiger partial charge in [0, 0.05) is 12.8 Å². The van der Waals surface area contributed by atoms with E-state index in [4.69, 9.17) is 9.84 Å². The first kappa shape index (κ1) is 11.1. The van der Waals surface area contributed by atoms with E-state index in [9.17, 15) is 9.59 Å².